The van der Waals surface area contributed by atoms with Crippen molar-refractivity contribution in [3.63, 3.8) is 0 Å². The molecule has 0 amide bonds. The van der Waals surface area contributed by atoms with Gasteiger partial charge in [0.1, 0.15) is 17.2 Å². The lowest BCUT2D eigenvalue weighted by molar-refractivity contribution is 0.625. The second-order valence-electron chi connectivity index (χ2n) is 4.85. The Labute approximate surface area is 134 Å². The summed E-state index contributed by atoms with van der Waals surface area (Å²) in [6.45, 7) is 3.76. The minimum atomic E-state index is -0.319. The molecule has 0 spiro atoms. The second kappa shape index (κ2) is 5.39. The van der Waals surface area contributed by atoms with E-state index in [-0.39, 0.29) is 11.2 Å². The van der Waals surface area contributed by atoms with Crippen LogP contribution in [0.1, 0.15) is 23.7 Å². The number of aryl methyl sites for hydroxylation is 1. The highest BCUT2D eigenvalue weighted by molar-refractivity contribution is 9.10. The van der Waals surface area contributed by atoms with Crippen molar-refractivity contribution >= 4 is 38.7 Å². The van der Waals surface area contributed by atoms with Crippen molar-refractivity contribution in [2.45, 2.75) is 19.2 Å². The molecule has 0 aliphatic carbocycles. The topological polar surface area (TPSA) is 30.7 Å². The lowest BCUT2D eigenvalue weighted by Gasteiger charge is -2.12. The van der Waals surface area contributed by atoms with Gasteiger partial charge in [0.2, 0.25) is 0 Å². The van der Waals surface area contributed by atoms with Crippen LogP contribution in [0.25, 0.3) is 16.9 Å². The number of halogens is 3. The predicted molar refractivity (Wildman–Crippen MR) is 85.5 cm³/mol. The fraction of sp³-hybridized carbons (Fsp3) is 0.200. The van der Waals surface area contributed by atoms with E-state index in [1.54, 1.807) is 12.3 Å². The zero-order valence-electron chi connectivity index (χ0n) is 11.4. The van der Waals surface area contributed by atoms with E-state index in [9.17, 15) is 4.39 Å². The molecule has 21 heavy (non-hydrogen) atoms. The quantitative estimate of drug-likeness (QED) is 0.600. The van der Waals surface area contributed by atoms with Crippen molar-refractivity contribution in [1.82, 2.24) is 14.5 Å². The first-order chi connectivity index (χ1) is 9.97. The van der Waals surface area contributed by atoms with Gasteiger partial charge in [0.25, 0.3) is 0 Å². The van der Waals surface area contributed by atoms with Crippen LogP contribution in [0, 0.1) is 12.7 Å². The lowest BCUT2D eigenvalue weighted by atomic mass is 10.2. The second-order valence-corrected chi connectivity index (χ2v) is 6.42. The lowest BCUT2D eigenvalue weighted by Crippen LogP contribution is -2.05. The molecule has 1 atom stereocenters. The Morgan fingerprint density at radius 2 is 2.10 bits per heavy atom. The monoisotopic (exact) mass is 367 g/mol. The fourth-order valence-electron chi connectivity index (χ4n) is 2.29. The molecule has 0 saturated heterocycles. The van der Waals surface area contributed by atoms with Crippen LogP contribution in [0.3, 0.4) is 0 Å². The van der Waals surface area contributed by atoms with Crippen LogP contribution in [0.5, 0.6) is 0 Å². The van der Waals surface area contributed by atoms with Gasteiger partial charge in [0.05, 0.1) is 11.1 Å². The van der Waals surface area contributed by atoms with Gasteiger partial charge in [0.15, 0.2) is 5.65 Å². The zero-order chi connectivity index (χ0) is 15.1. The summed E-state index contributed by atoms with van der Waals surface area (Å²) >= 11 is 9.63. The third-order valence-electron chi connectivity index (χ3n) is 3.26. The Kier molecular flexibility index (Phi) is 3.71. The van der Waals surface area contributed by atoms with Crippen LogP contribution in [-0.2, 0) is 0 Å². The highest BCUT2D eigenvalue weighted by atomic mass is 79.9. The largest absolute Gasteiger partial charge is 0.279 e. The molecule has 2 heterocycles. The van der Waals surface area contributed by atoms with E-state index in [2.05, 4.69) is 25.9 Å². The maximum Gasteiger partial charge on any atom is 0.164 e. The number of nitrogens with zero attached hydrogens (tertiary/aromatic N) is 3. The Bertz CT molecular complexity index is 829. The number of imidazole rings is 1. The van der Waals surface area contributed by atoms with E-state index in [1.165, 1.54) is 12.1 Å². The van der Waals surface area contributed by atoms with Gasteiger partial charge in [-0.25, -0.2) is 14.4 Å². The summed E-state index contributed by atoms with van der Waals surface area (Å²) in [6, 6.07) is 6.52. The molecule has 3 nitrogen and oxygen atoms in total. The number of fused-ring (bicyclic) bond motifs is 1. The SMILES string of the molecule is Cc1ccc(F)cc1-n1c(C(C)Cl)nc2cc(Br)cnc21. The standard InChI is InChI=1S/C15H12BrClFN3/c1-8-3-4-11(18)6-13(8)21-14(9(2)17)20-12-5-10(16)7-19-15(12)21/h3-7,9H,1-2H3. The van der Waals surface area contributed by atoms with Crippen molar-refractivity contribution < 1.29 is 4.39 Å². The number of hydrogen-bond donors (Lipinski definition) is 0. The molecule has 0 radical (unpaired) electrons. The van der Waals surface area contributed by atoms with E-state index in [4.69, 9.17) is 11.6 Å². The smallest absolute Gasteiger partial charge is 0.164 e. The number of aromatic nitrogens is 3. The first kappa shape index (κ1) is 14.5. The third kappa shape index (κ3) is 2.56. The number of rotatable bonds is 2. The van der Waals surface area contributed by atoms with Crippen molar-refractivity contribution in [2.75, 3.05) is 0 Å². The zero-order valence-corrected chi connectivity index (χ0v) is 13.8. The molecule has 3 aromatic rings. The van der Waals surface area contributed by atoms with Gasteiger partial charge in [-0.15, -0.1) is 11.6 Å². The van der Waals surface area contributed by atoms with Crippen LogP contribution >= 0.6 is 27.5 Å². The van der Waals surface area contributed by atoms with Crippen molar-refractivity contribution in [3.05, 3.63) is 52.1 Å². The van der Waals surface area contributed by atoms with E-state index in [0.29, 0.717) is 17.2 Å². The first-order valence-electron chi connectivity index (χ1n) is 6.42. The Balaban J connectivity index is 2.39. The van der Waals surface area contributed by atoms with Crippen molar-refractivity contribution in [2.24, 2.45) is 0 Å². The minimum absolute atomic E-state index is 0.303. The van der Waals surface area contributed by atoms with E-state index in [0.717, 1.165) is 15.6 Å². The molecule has 0 N–H and O–H groups in total. The van der Waals surface area contributed by atoms with Gasteiger partial charge >= 0.3 is 0 Å². The van der Waals surface area contributed by atoms with Crippen molar-refractivity contribution in [1.29, 1.82) is 0 Å². The van der Waals surface area contributed by atoms with Crippen molar-refractivity contribution in [3.8, 4) is 5.69 Å². The van der Waals surface area contributed by atoms with Gasteiger partial charge in [-0.2, -0.15) is 0 Å². The number of alkyl halides is 1. The number of benzene rings is 1. The Morgan fingerprint density at radius 1 is 1.33 bits per heavy atom. The molecular weight excluding hydrogens is 357 g/mol. The van der Waals surface area contributed by atoms with Crippen LogP contribution < -0.4 is 0 Å². The molecule has 1 aromatic carbocycles. The number of hydrogen-bond acceptors (Lipinski definition) is 2. The minimum Gasteiger partial charge on any atom is -0.279 e. The summed E-state index contributed by atoms with van der Waals surface area (Å²) < 4.78 is 16.3. The molecule has 0 aliphatic rings. The normalized spacial score (nSPS) is 12.8. The summed E-state index contributed by atoms with van der Waals surface area (Å²) in [5.74, 6) is 0.341. The van der Waals surface area contributed by atoms with E-state index in [1.807, 2.05) is 24.5 Å². The van der Waals surface area contributed by atoms with Gasteiger partial charge in [-0.3, -0.25) is 4.57 Å². The summed E-state index contributed by atoms with van der Waals surface area (Å²) in [6.07, 6.45) is 1.69. The summed E-state index contributed by atoms with van der Waals surface area (Å²) in [5, 5.41) is -0.319. The van der Waals surface area contributed by atoms with E-state index < -0.39 is 0 Å². The Hall–Kier alpha value is -1.46. The maximum atomic E-state index is 13.6. The van der Waals surface area contributed by atoms with Crippen LogP contribution in [0.2, 0.25) is 0 Å². The molecule has 2 aromatic heterocycles. The molecular formula is C15H12BrClFN3. The molecule has 0 fully saturated rings. The van der Waals surface area contributed by atoms with Gasteiger partial charge in [-0.1, -0.05) is 6.07 Å². The summed E-state index contributed by atoms with van der Waals surface area (Å²) in [4.78, 5) is 8.94. The van der Waals surface area contributed by atoms with Crippen LogP contribution in [0.4, 0.5) is 4.39 Å². The Morgan fingerprint density at radius 3 is 2.81 bits per heavy atom. The third-order valence-corrected chi connectivity index (χ3v) is 3.89. The van der Waals surface area contributed by atoms with Gasteiger partial charge < -0.3 is 0 Å². The first-order valence-corrected chi connectivity index (χ1v) is 7.65. The average molecular weight is 369 g/mol. The maximum absolute atomic E-state index is 13.6. The fourth-order valence-corrected chi connectivity index (χ4v) is 2.75. The average Bonchev–Trinajstić information content (AvgIpc) is 2.80. The highest BCUT2D eigenvalue weighted by Crippen LogP contribution is 2.29. The van der Waals surface area contributed by atoms with Gasteiger partial charge in [0, 0.05) is 10.7 Å². The molecule has 108 valence electrons. The van der Waals surface area contributed by atoms with E-state index >= 15 is 0 Å². The molecule has 6 heteroatoms. The molecule has 1 unspecified atom stereocenters. The van der Waals surface area contributed by atoms with Crippen LogP contribution in [0.15, 0.2) is 34.9 Å². The summed E-state index contributed by atoms with van der Waals surface area (Å²) in [5.41, 5.74) is 3.01. The highest BCUT2D eigenvalue weighted by Gasteiger charge is 2.19. The van der Waals surface area contributed by atoms with Gasteiger partial charge in [-0.05, 0) is 53.5 Å². The molecule has 0 saturated carbocycles. The number of pyridine rings is 1. The van der Waals surface area contributed by atoms with Crippen LogP contribution in [-0.4, -0.2) is 14.5 Å². The molecule has 3 rings (SSSR count). The molecule has 0 bridgehead atoms. The molecule has 0 aliphatic heterocycles. The predicted octanol–water partition coefficient (Wildman–Crippen LogP) is 4.93. The summed E-state index contributed by atoms with van der Waals surface area (Å²) in [7, 11) is 0.